The average molecular weight is 399 g/mol. The fraction of sp³-hybridized carbons (Fsp3) is 0.722. The topological polar surface area (TPSA) is 156 Å². The number of hydrogen-bond acceptors (Lipinski definition) is 8. The van der Waals surface area contributed by atoms with Gasteiger partial charge in [-0.25, -0.2) is 9.59 Å². The van der Waals surface area contributed by atoms with Gasteiger partial charge >= 0.3 is 11.9 Å². The van der Waals surface area contributed by atoms with E-state index in [1.807, 2.05) is 7.05 Å². The molecule has 5 N–H and O–H groups in total. The fourth-order valence-electron chi connectivity index (χ4n) is 3.83. The molecule has 1 aromatic rings. The Morgan fingerprint density at radius 1 is 1.25 bits per heavy atom. The number of hydrogen-bond donors (Lipinski definition) is 5. The lowest BCUT2D eigenvalue weighted by atomic mass is 9.79. The third kappa shape index (κ3) is 5.21. The maximum atomic E-state index is 9.77. The summed E-state index contributed by atoms with van der Waals surface area (Å²) >= 11 is 0. The number of aliphatic hydroxyl groups excluding tert-OH is 2. The number of anilines is 1. The Morgan fingerprint density at radius 2 is 1.89 bits per heavy atom. The molecule has 0 bridgehead atoms. The number of rotatable bonds is 6. The van der Waals surface area contributed by atoms with Gasteiger partial charge in [0.1, 0.15) is 5.76 Å². The number of aliphatic hydroxyl groups is 2. The van der Waals surface area contributed by atoms with E-state index in [1.54, 1.807) is 0 Å². The molecule has 4 atom stereocenters. The molecular formula is C18H29N3O7. The number of nitrogens with zero attached hydrogens (tertiary/aromatic N) is 2. The van der Waals surface area contributed by atoms with E-state index in [-0.39, 0.29) is 0 Å². The van der Waals surface area contributed by atoms with Gasteiger partial charge in [-0.3, -0.25) is 4.90 Å². The molecular weight excluding hydrogens is 370 g/mol. The number of carboxylic acid groups (broad SMARTS) is 2. The number of carbonyl (C=O) groups is 2. The summed E-state index contributed by atoms with van der Waals surface area (Å²) in [5.74, 6) is -1.64. The largest absolute Gasteiger partial charge is 0.479 e. The molecule has 0 aromatic carbocycles. The highest BCUT2D eigenvalue weighted by atomic mass is 16.4. The molecule has 2 aliphatic rings. The van der Waals surface area contributed by atoms with Gasteiger partial charge in [0.2, 0.25) is 0 Å². The number of aliphatic carboxylic acids is 2. The lowest BCUT2D eigenvalue weighted by Crippen LogP contribution is -2.49. The quantitative estimate of drug-likeness (QED) is 0.447. The Labute approximate surface area is 163 Å². The molecule has 0 radical (unpaired) electrons. The van der Waals surface area contributed by atoms with E-state index in [1.165, 1.54) is 38.0 Å². The molecule has 0 amide bonds. The zero-order valence-corrected chi connectivity index (χ0v) is 16.2. The first kappa shape index (κ1) is 22.1. The Kier molecular flexibility index (Phi) is 7.78. The first-order chi connectivity index (χ1) is 13.3. The van der Waals surface area contributed by atoms with Crippen LogP contribution in [0.4, 0.5) is 6.01 Å². The Balaban J connectivity index is 0.000000242. The second-order valence-corrected chi connectivity index (χ2v) is 7.12. The summed E-state index contributed by atoms with van der Waals surface area (Å²) in [7, 11) is 1.87. The summed E-state index contributed by atoms with van der Waals surface area (Å²) in [6.45, 7) is 4.76. The second kappa shape index (κ2) is 9.85. The Hall–Kier alpha value is -2.17. The van der Waals surface area contributed by atoms with Gasteiger partial charge in [-0.15, -0.1) is 0 Å². The van der Waals surface area contributed by atoms with E-state index >= 15 is 0 Å². The highest BCUT2D eigenvalue weighted by Gasteiger charge is 2.37. The standard InChI is InChI=1S/C14H23N3O.C4H6O6/c1-3-6-17-7-4-5-10-8-11-13(9-12(10)17)18-14(15-2)16-11;5-1(3(7)8)2(6)4(9)10/h10,12H,3-9H2,1-2H3,(H,15,16);1-2,5-6H,(H,7,8)(H,9,10)/t10-,12-;/m0./s1. The third-order valence-electron chi connectivity index (χ3n) is 5.19. The van der Waals surface area contributed by atoms with E-state index in [2.05, 4.69) is 22.1 Å². The van der Waals surface area contributed by atoms with Gasteiger partial charge in [0.05, 0.1) is 5.69 Å². The molecule has 0 spiro atoms. The summed E-state index contributed by atoms with van der Waals surface area (Å²) in [5, 5.41) is 35.5. The number of aromatic nitrogens is 1. The van der Waals surface area contributed by atoms with Crippen molar-refractivity contribution >= 4 is 18.0 Å². The van der Waals surface area contributed by atoms with Crippen LogP contribution in [0.15, 0.2) is 4.42 Å². The van der Waals surface area contributed by atoms with Crippen molar-refractivity contribution in [3.8, 4) is 0 Å². The molecule has 10 nitrogen and oxygen atoms in total. The summed E-state index contributed by atoms with van der Waals surface area (Å²) in [6, 6.07) is 1.37. The van der Waals surface area contributed by atoms with Gasteiger partial charge < -0.3 is 30.2 Å². The zero-order chi connectivity index (χ0) is 20.8. The number of piperidine rings is 1. The molecule has 2 heterocycles. The number of nitrogens with one attached hydrogen (secondary N) is 1. The summed E-state index contributed by atoms with van der Waals surface area (Å²) < 4.78 is 5.78. The van der Waals surface area contributed by atoms with Crippen LogP contribution in [0.3, 0.4) is 0 Å². The Bertz CT molecular complexity index is 658. The predicted molar refractivity (Wildman–Crippen MR) is 99.1 cm³/mol. The van der Waals surface area contributed by atoms with Gasteiger partial charge in [0.25, 0.3) is 6.01 Å². The van der Waals surface area contributed by atoms with Crippen LogP contribution in [-0.2, 0) is 22.4 Å². The van der Waals surface area contributed by atoms with Gasteiger partial charge in [-0.2, -0.15) is 4.98 Å². The van der Waals surface area contributed by atoms with Crippen molar-refractivity contribution in [2.24, 2.45) is 5.92 Å². The van der Waals surface area contributed by atoms with Crippen molar-refractivity contribution in [1.82, 2.24) is 9.88 Å². The molecule has 2 unspecified atom stereocenters. The second-order valence-electron chi connectivity index (χ2n) is 7.12. The van der Waals surface area contributed by atoms with Crippen LogP contribution < -0.4 is 5.32 Å². The predicted octanol–water partition coefficient (Wildman–Crippen LogP) is 0.183. The summed E-state index contributed by atoms with van der Waals surface area (Å²) in [6.07, 6.45) is 1.56. The van der Waals surface area contributed by atoms with E-state index in [9.17, 15) is 9.59 Å². The molecule has 0 saturated carbocycles. The molecule has 3 rings (SSSR count). The van der Waals surface area contributed by atoms with Crippen LogP contribution in [0.5, 0.6) is 0 Å². The molecule has 28 heavy (non-hydrogen) atoms. The average Bonchev–Trinajstić information content (AvgIpc) is 3.08. The number of oxazole rings is 1. The first-order valence-electron chi connectivity index (χ1n) is 9.50. The normalized spacial score (nSPS) is 23.4. The maximum Gasteiger partial charge on any atom is 0.335 e. The molecule has 158 valence electrons. The number of likely N-dealkylation sites (tertiary alicyclic amines) is 1. The van der Waals surface area contributed by atoms with E-state index in [4.69, 9.17) is 24.8 Å². The highest BCUT2D eigenvalue weighted by Crippen LogP contribution is 2.35. The van der Waals surface area contributed by atoms with Crippen molar-refractivity contribution in [2.75, 3.05) is 25.5 Å². The number of carboxylic acids is 2. The monoisotopic (exact) mass is 399 g/mol. The first-order valence-corrected chi connectivity index (χ1v) is 9.50. The van der Waals surface area contributed by atoms with Crippen molar-refractivity contribution in [3.63, 3.8) is 0 Å². The van der Waals surface area contributed by atoms with Gasteiger partial charge in [0, 0.05) is 19.5 Å². The zero-order valence-electron chi connectivity index (χ0n) is 16.2. The van der Waals surface area contributed by atoms with Crippen LogP contribution in [0, 0.1) is 5.92 Å². The molecule has 10 heteroatoms. The molecule has 1 fully saturated rings. The minimum Gasteiger partial charge on any atom is -0.479 e. The van der Waals surface area contributed by atoms with Crippen LogP contribution in [0.2, 0.25) is 0 Å². The number of fused-ring (bicyclic) bond motifs is 2. The van der Waals surface area contributed by atoms with Crippen molar-refractivity contribution in [1.29, 1.82) is 0 Å². The molecule has 1 aliphatic heterocycles. The van der Waals surface area contributed by atoms with Gasteiger partial charge in [0.15, 0.2) is 12.2 Å². The Morgan fingerprint density at radius 3 is 2.43 bits per heavy atom. The van der Waals surface area contributed by atoms with Gasteiger partial charge in [-0.1, -0.05) is 6.92 Å². The van der Waals surface area contributed by atoms with Crippen molar-refractivity contribution in [3.05, 3.63) is 11.5 Å². The maximum absolute atomic E-state index is 9.77. The SMILES string of the molecule is CCCN1CCC[C@H]2Cc3nc(NC)oc3C[C@@H]21.O=C(O)C(O)C(O)C(=O)O. The summed E-state index contributed by atoms with van der Waals surface area (Å²) in [5.41, 5.74) is 1.19. The summed E-state index contributed by atoms with van der Waals surface area (Å²) in [4.78, 5) is 26.7. The van der Waals surface area contributed by atoms with E-state index in [0.717, 1.165) is 24.5 Å². The lowest BCUT2D eigenvalue weighted by Gasteiger charge is -2.43. The lowest BCUT2D eigenvalue weighted by molar-refractivity contribution is -0.165. The third-order valence-corrected chi connectivity index (χ3v) is 5.19. The van der Waals surface area contributed by atoms with Crippen molar-refractivity contribution in [2.45, 2.75) is 57.3 Å². The molecule has 1 saturated heterocycles. The highest BCUT2D eigenvalue weighted by molar-refractivity contribution is 5.83. The van der Waals surface area contributed by atoms with E-state index < -0.39 is 24.1 Å². The van der Waals surface area contributed by atoms with Crippen LogP contribution >= 0.6 is 0 Å². The van der Waals surface area contributed by atoms with E-state index in [0.29, 0.717) is 12.1 Å². The minimum atomic E-state index is -2.27. The molecule has 1 aromatic heterocycles. The fourth-order valence-corrected chi connectivity index (χ4v) is 3.83. The van der Waals surface area contributed by atoms with Crippen molar-refractivity contribution < 1.29 is 34.4 Å². The van der Waals surface area contributed by atoms with Crippen LogP contribution in [-0.4, -0.2) is 80.6 Å². The van der Waals surface area contributed by atoms with Crippen LogP contribution in [0.1, 0.15) is 37.6 Å². The smallest absolute Gasteiger partial charge is 0.335 e. The van der Waals surface area contributed by atoms with Crippen LogP contribution in [0.25, 0.3) is 0 Å². The van der Waals surface area contributed by atoms with Gasteiger partial charge in [-0.05, 0) is 44.7 Å². The molecule has 1 aliphatic carbocycles. The minimum absolute atomic E-state index is 0.681.